The van der Waals surface area contributed by atoms with Crippen LogP contribution in [0.15, 0.2) is 24.3 Å². The van der Waals surface area contributed by atoms with Gasteiger partial charge in [-0.3, -0.25) is 9.69 Å². The Morgan fingerprint density at radius 3 is 2.52 bits per heavy atom. The number of amides is 1. The molecule has 0 saturated carbocycles. The average Bonchev–Trinajstić information content (AvgIpc) is 2.88. The first-order valence-corrected chi connectivity index (χ1v) is 9.56. The van der Waals surface area contributed by atoms with Crippen molar-refractivity contribution in [3.63, 3.8) is 0 Å². The van der Waals surface area contributed by atoms with E-state index >= 15 is 0 Å². The van der Waals surface area contributed by atoms with Crippen LogP contribution in [-0.4, -0.2) is 73.0 Å². The van der Waals surface area contributed by atoms with Gasteiger partial charge < -0.3 is 9.80 Å². The molecule has 1 unspecified atom stereocenters. The van der Waals surface area contributed by atoms with Gasteiger partial charge in [0.1, 0.15) is 5.82 Å². The third-order valence-corrected chi connectivity index (χ3v) is 5.59. The van der Waals surface area contributed by atoms with Gasteiger partial charge in [0, 0.05) is 51.7 Å². The number of nitrogens with zero attached hydrogens (tertiary/aromatic N) is 3. The minimum absolute atomic E-state index is 0.224. The van der Waals surface area contributed by atoms with E-state index in [1.807, 2.05) is 0 Å². The molecule has 1 aromatic carbocycles. The zero-order valence-electron chi connectivity index (χ0n) is 15.3. The molecule has 138 valence electrons. The molecule has 2 heterocycles. The van der Waals surface area contributed by atoms with E-state index in [1.165, 1.54) is 25.0 Å². The van der Waals surface area contributed by atoms with Crippen molar-refractivity contribution in [2.45, 2.75) is 38.1 Å². The van der Waals surface area contributed by atoms with Crippen molar-refractivity contribution < 1.29 is 9.18 Å². The van der Waals surface area contributed by atoms with Crippen molar-refractivity contribution in [3.8, 4) is 0 Å². The Balaban J connectivity index is 1.52. The van der Waals surface area contributed by atoms with Crippen molar-refractivity contribution in [3.05, 3.63) is 35.6 Å². The highest BCUT2D eigenvalue weighted by Gasteiger charge is 2.27. The number of halogens is 1. The summed E-state index contributed by atoms with van der Waals surface area (Å²) in [5, 5.41) is 0. The third-order valence-electron chi connectivity index (χ3n) is 5.59. The van der Waals surface area contributed by atoms with Crippen LogP contribution < -0.4 is 0 Å². The minimum atomic E-state index is -0.224. The first kappa shape index (κ1) is 18.3. The third kappa shape index (κ3) is 5.25. The Labute approximate surface area is 150 Å². The molecule has 2 saturated heterocycles. The number of likely N-dealkylation sites (tertiary alicyclic amines) is 1. The number of hydrogen-bond donors (Lipinski definition) is 0. The zero-order chi connectivity index (χ0) is 17.6. The maximum Gasteiger partial charge on any atom is 0.222 e. The Morgan fingerprint density at radius 2 is 1.80 bits per heavy atom. The molecule has 0 radical (unpaired) electrons. The number of piperazine rings is 1. The van der Waals surface area contributed by atoms with Gasteiger partial charge in [0.2, 0.25) is 5.91 Å². The monoisotopic (exact) mass is 347 g/mol. The predicted molar refractivity (Wildman–Crippen MR) is 98.0 cm³/mol. The Bertz CT molecular complexity index is 555. The first-order valence-electron chi connectivity index (χ1n) is 9.56. The molecule has 0 bridgehead atoms. The van der Waals surface area contributed by atoms with Crippen LogP contribution in [0.25, 0.3) is 0 Å². The van der Waals surface area contributed by atoms with Crippen LogP contribution in [0.3, 0.4) is 0 Å². The number of likely N-dealkylation sites (N-methyl/N-ethyl adjacent to an activating group) is 1. The second kappa shape index (κ2) is 8.77. The highest BCUT2D eigenvalue weighted by molar-refractivity contribution is 5.76. The van der Waals surface area contributed by atoms with E-state index in [4.69, 9.17) is 0 Å². The van der Waals surface area contributed by atoms with Crippen molar-refractivity contribution in [1.82, 2.24) is 14.7 Å². The Kier molecular flexibility index (Phi) is 6.43. The topological polar surface area (TPSA) is 26.8 Å². The second-order valence-electron chi connectivity index (χ2n) is 7.46. The minimum Gasteiger partial charge on any atom is -0.341 e. The lowest BCUT2D eigenvalue weighted by Crippen LogP contribution is -2.52. The lowest BCUT2D eigenvalue weighted by Gasteiger charge is -2.39. The highest BCUT2D eigenvalue weighted by Crippen LogP contribution is 2.18. The SMILES string of the molecule is CN1CCN(C2CCCCN(C(=O)CCc3ccc(F)cc3)C2)CC1. The van der Waals surface area contributed by atoms with Crippen LogP contribution in [0.4, 0.5) is 4.39 Å². The van der Waals surface area contributed by atoms with Crippen molar-refractivity contribution in [2.75, 3.05) is 46.3 Å². The first-order chi connectivity index (χ1) is 12.1. The molecule has 3 rings (SSSR count). The standard InChI is InChI=1S/C20H30FN3O/c1-22-12-14-23(15-13-22)19-4-2-3-11-24(16-19)20(25)10-7-17-5-8-18(21)9-6-17/h5-6,8-9,19H,2-4,7,10-16H2,1H3. The van der Waals surface area contributed by atoms with E-state index in [-0.39, 0.29) is 11.7 Å². The van der Waals surface area contributed by atoms with Crippen molar-refractivity contribution >= 4 is 5.91 Å². The second-order valence-corrected chi connectivity index (χ2v) is 7.46. The summed E-state index contributed by atoms with van der Waals surface area (Å²) in [6.45, 7) is 6.21. The summed E-state index contributed by atoms with van der Waals surface area (Å²) in [4.78, 5) is 19.7. The van der Waals surface area contributed by atoms with Gasteiger partial charge in [-0.15, -0.1) is 0 Å². The van der Waals surface area contributed by atoms with Gasteiger partial charge >= 0.3 is 0 Å². The number of carbonyl (C=O) groups excluding carboxylic acids is 1. The van der Waals surface area contributed by atoms with E-state index in [0.29, 0.717) is 18.9 Å². The number of rotatable bonds is 4. The number of benzene rings is 1. The summed E-state index contributed by atoms with van der Waals surface area (Å²) < 4.78 is 13.0. The van der Waals surface area contributed by atoms with Crippen LogP contribution in [0.5, 0.6) is 0 Å². The molecule has 0 N–H and O–H groups in total. The molecule has 2 aliphatic heterocycles. The fourth-order valence-electron chi connectivity index (χ4n) is 3.89. The van der Waals surface area contributed by atoms with Crippen molar-refractivity contribution in [1.29, 1.82) is 0 Å². The number of aryl methyl sites for hydroxylation is 1. The van der Waals surface area contributed by atoms with Crippen LogP contribution in [0.2, 0.25) is 0 Å². The Morgan fingerprint density at radius 1 is 1.08 bits per heavy atom. The fraction of sp³-hybridized carbons (Fsp3) is 0.650. The quantitative estimate of drug-likeness (QED) is 0.837. The number of carbonyl (C=O) groups is 1. The number of hydrogen-bond acceptors (Lipinski definition) is 3. The van der Waals surface area contributed by atoms with Crippen molar-refractivity contribution in [2.24, 2.45) is 0 Å². The lowest BCUT2D eigenvalue weighted by atomic mass is 10.1. The lowest BCUT2D eigenvalue weighted by molar-refractivity contribution is -0.131. The summed E-state index contributed by atoms with van der Waals surface area (Å²) in [5.74, 6) is 0.0166. The molecule has 5 heteroatoms. The molecule has 1 atom stereocenters. The van der Waals surface area contributed by atoms with E-state index in [1.54, 1.807) is 12.1 Å². The van der Waals surface area contributed by atoms with Gasteiger partial charge in [-0.2, -0.15) is 0 Å². The molecular formula is C20H30FN3O. The normalized spacial score (nSPS) is 23.4. The van der Waals surface area contributed by atoms with Crippen LogP contribution in [0.1, 0.15) is 31.2 Å². The molecule has 0 aromatic heterocycles. The van der Waals surface area contributed by atoms with Gasteiger partial charge in [-0.05, 0) is 44.0 Å². The van der Waals surface area contributed by atoms with E-state index in [2.05, 4.69) is 21.7 Å². The maximum atomic E-state index is 13.0. The highest BCUT2D eigenvalue weighted by atomic mass is 19.1. The summed E-state index contributed by atoms with van der Waals surface area (Å²) >= 11 is 0. The van der Waals surface area contributed by atoms with Crippen LogP contribution >= 0.6 is 0 Å². The maximum absolute atomic E-state index is 13.0. The molecule has 1 amide bonds. The smallest absolute Gasteiger partial charge is 0.222 e. The van der Waals surface area contributed by atoms with Gasteiger partial charge in [0.05, 0.1) is 0 Å². The van der Waals surface area contributed by atoms with Gasteiger partial charge in [0.25, 0.3) is 0 Å². The molecule has 2 aliphatic rings. The van der Waals surface area contributed by atoms with Gasteiger partial charge in [-0.25, -0.2) is 4.39 Å². The van der Waals surface area contributed by atoms with E-state index in [9.17, 15) is 9.18 Å². The molecule has 2 fully saturated rings. The van der Waals surface area contributed by atoms with Gasteiger partial charge in [0.15, 0.2) is 0 Å². The predicted octanol–water partition coefficient (Wildman–Crippen LogP) is 2.39. The van der Waals surface area contributed by atoms with Gasteiger partial charge in [-0.1, -0.05) is 18.6 Å². The largest absolute Gasteiger partial charge is 0.341 e. The molecule has 25 heavy (non-hydrogen) atoms. The summed E-state index contributed by atoms with van der Waals surface area (Å²) in [5.41, 5.74) is 1.03. The van der Waals surface area contributed by atoms with E-state index < -0.39 is 0 Å². The summed E-state index contributed by atoms with van der Waals surface area (Å²) in [7, 11) is 2.18. The molecule has 0 spiro atoms. The Hall–Kier alpha value is -1.46. The van der Waals surface area contributed by atoms with Crippen LogP contribution in [-0.2, 0) is 11.2 Å². The van der Waals surface area contributed by atoms with E-state index in [0.717, 1.165) is 51.3 Å². The average molecular weight is 347 g/mol. The molecule has 0 aliphatic carbocycles. The molecule has 1 aromatic rings. The summed E-state index contributed by atoms with van der Waals surface area (Å²) in [6, 6.07) is 6.99. The zero-order valence-corrected chi connectivity index (χ0v) is 15.3. The summed E-state index contributed by atoms with van der Waals surface area (Å²) in [6.07, 6.45) is 4.71. The molecular weight excluding hydrogens is 317 g/mol. The fourth-order valence-corrected chi connectivity index (χ4v) is 3.89. The van der Waals surface area contributed by atoms with Crippen LogP contribution in [0, 0.1) is 5.82 Å². The molecule has 4 nitrogen and oxygen atoms in total.